The van der Waals surface area contributed by atoms with Gasteiger partial charge in [-0.25, -0.2) is 9.78 Å². The van der Waals surface area contributed by atoms with Gasteiger partial charge >= 0.3 is 5.97 Å². The Balaban J connectivity index is 2.58. The van der Waals surface area contributed by atoms with Crippen molar-refractivity contribution in [1.29, 1.82) is 0 Å². The van der Waals surface area contributed by atoms with E-state index in [0.29, 0.717) is 5.69 Å². The van der Waals surface area contributed by atoms with Crippen LogP contribution in [-0.2, 0) is 0 Å². The van der Waals surface area contributed by atoms with Crippen LogP contribution in [0, 0.1) is 6.92 Å². The maximum Gasteiger partial charge on any atom is 0.348 e. The van der Waals surface area contributed by atoms with Crippen LogP contribution in [0.2, 0.25) is 0 Å². The molecule has 0 spiro atoms. The van der Waals surface area contributed by atoms with Crippen LogP contribution in [0.3, 0.4) is 0 Å². The van der Waals surface area contributed by atoms with Crippen LogP contribution in [-0.4, -0.2) is 20.5 Å². The van der Waals surface area contributed by atoms with Crippen LogP contribution < -0.4 is 5.73 Å². The molecule has 0 amide bonds. The number of carboxylic acids is 1. The highest BCUT2D eigenvalue weighted by Gasteiger charge is 2.18. The molecule has 3 aromatic rings. The summed E-state index contributed by atoms with van der Waals surface area (Å²) in [6.45, 7) is 1.91. The Morgan fingerprint density at radius 2 is 2.35 bits per heavy atom. The maximum atomic E-state index is 11.1. The topological polar surface area (TPSA) is 80.6 Å². The molecule has 5 nitrogen and oxygen atoms in total. The van der Waals surface area contributed by atoms with Crippen LogP contribution in [0.1, 0.15) is 15.2 Å². The standard InChI is InChI=1S/C11H9N3O2S/c1-5-4-6-13-2-3-14(6)10-7(5)8(12)9(17-10)11(15)16/h2-4H,12H2,1H3,(H,15,16). The van der Waals surface area contributed by atoms with Gasteiger partial charge in [-0.3, -0.25) is 4.40 Å². The van der Waals surface area contributed by atoms with E-state index in [0.717, 1.165) is 21.4 Å². The number of fused-ring (bicyclic) bond motifs is 3. The minimum atomic E-state index is -0.989. The van der Waals surface area contributed by atoms with E-state index in [4.69, 9.17) is 10.8 Å². The fraction of sp³-hybridized carbons (Fsp3) is 0.0909. The number of pyridine rings is 1. The molecule has 0 aliphatic heterocycles. The smallest absolute Gasteiger partial charge is 0.348 e. The number of carboxylic acid groups (broad SMARTS) is 1. The third kappa shape index (κ3) is 1.24. The average molecular weight is 247 g/mol. The number of rotatable bonds is 1. The summed E-state index contributed by atoms with van der Waals surface area (Å²) in [5.41, 5.74) is 7.98. The number of thiophene rings is 1. The zero-order valence-corrected chi connectivity index (χ0v) is 9.78. The van der Waals surface area contributed by atoms with Crippen molar-refractivity contribution in [2.45, 2.75) is 6.92 Å². The molecule has 0 aliphatic carbocycles. The van der Waals surface area contributed by atoms with Crippen molar-refractivity contribution >= 4 is 38.9 Å². The fourth-order valence-corrected chi connectivity index (χ4v) is 3.12. The minimum absolute atomic E-state index is 0.185. The molecule has 3 aromatic heterocycles. The zero-order valence-electron chi connectivity index (χ0n) is 8.97. The molecular formula is C11H9N3O2S. The molecule has 0 bridgehead atoms. The second-order valence-corrected chi connectivity index (χ2v) is 4.81. The van der Waals surface area contributed by atoms with Crippen LogP contribution in [0.4, 0.5) is 5.69 Å². The van der Waals surface area contributed by atoms with E-state index in [-0.39, 0.29) is 4.88 Å². The highest BCUT2D eigenvalue weighted by molar-refractivity contribution is 7.21. The van der Waals surface area contributed by atoms with E-state index < -0.39 is 5.97 Å². The van der Waals surface area contributed by atoms with Gasteiger partial charge in [0.1, 0.15) is 15.4 Å². The van der Waals surface area contributed by atoms with Gasteiger partial charge in [0, 0.05) is 17.8 Å². The number of aryl methyl sites for hydroxylation is 1. The maximum absolute atomic E-state index is 11.1. The largest absolute Gasteiger partial charge is 0.477 e. The predicted octanol–water partition coefficient (Wildman–Crippen LogP) is 2.14. The van der Waals surface area contributed by atoms with Gasteiger partial charge < -0.3 is 10.8 Å². The number of imidazole rings is 1. The molecule has 0 saturated carbocycles. The van der Waals surface area contributed by atoms with E-state index in [1.54, 1.807) is 12.4 Å². The normalized spacial score (nSPS) is 11.4. The lowest BCUT2D eigenvalue weighted by Crippen LogP contribution is -1.97. The summed E-state index contributed by atoms with van der Waals surface area (Å²) in [6.07, 6.45) is 3.49. The number of aromatic nitrogens is 2. The Morgan fingerprint density at radius 1 is 1.59 bits per heavy atom. The molecule has 3 N–H and O–H groups in total. The molecule has 6 heteroatoms. The first-order valence-corrected chi connectivity index (χ1v) is 5.79. The summed E-state index contributed by atoms with van der Waals surface area (Å²) in [5.74, 6) is -0.989. The van der Waals surface area contributed by atoms with Crippen molar-refractivity contribution in [3.8, 4) is 0 Å². The lowest BCUT2D eigenvalue weighted by molar-refractivity contribution is 0.0703. The van der Waals surface area contributed by atoms with Gasteiger partial charge in [0.05, 0.1) is 5.69 Å². The molecule has 86 valence electrons. The molecule has 0 unspecified atom stereocenters. The highest BCUT2D eigenvalue weighted by atomic mass is 32.1. The molecule has 3 heterocycles. The van der Waals surface area contributed by atoms with E-state index in [9.17, 15) is 4.79 Å². The van der Waals surface area contributed by atoms with Crippen LogP contribution in [0.15, 0.2) is 18.5 Å². The Kier molecular flexibility index (Phi) is 1.90. The summed E-state index contributed by atoms with van der Waals surface area (Å²) in [5, 5.41) is 9.89. The fourth-order valence-electron chi connectivity index (χ4n) is 2.00. The van der Waals surface area contributed by atoms with Crippen LogP contribution >= 0.6 is 11.3 Å². The molecule has 0 aromatic carbocycles. The molecule has 0 fully saturated rings. The molecule has 0 radical (unpaired) electrons. The summed E-state index contributed by atoms with van der Waals surface area (Å²) in [4.78, 5) is 16.3. The second kappa shape index (κ2) is 3.21. The Morgan fingerprint density at radius 3 is 3.06 bits per heavy atom. The monoisotopic (exact) mass is 247 g/mol. The van der Waals surface area contributed by atoms with Crippen molar-refractivity contribution in [3.05, 3.63) is 28.9 Å². The van der Waals surface area contributed by atoms with Crippen LogP contribution in [0.5, 0.6) is 0 Å². The van der Waals surface area contributed by atoms with Gasteiger partial charge in [0.25, 0.3) is 0 Å². The first-order valence-electron chi connectivity index (χ1n) is 4.97. The van der Waals surface area contributed by atoms with E-state index in [2.05, 4.69) is 4.98 Å². The van der Waals surface area contributed by atoms with Crippen molar-refractivity contribution in [1.82, 2.24) is 9.38 Å². The SMILES string of the molecule is Cc1cc2nccn2c2sc(C(=O)O)c(N)c12. The number of nitrogens with zero attached hydrogens (tertiary/aromatic N) is 2. The molecule has 0 atom stereocenters. The van der Waals surface area contributed by atoms with Gasteiger partial charge in [-0.15, -0.1) is 11.3 Å². The first kappa shape index (κ1) is 10.1. The Hall–Kier alpha value is -2.08. The van der Waals surface area contributed by atoms with Gasteiger partial charge in [-0.1, -0.05) is 0 Å². The molecule has 0 aliphatic rings. The van der Waals surface area contributed by atoms with Crippen molar-refractivity contribution < 1.29 is 9.90 Å². The molecule has 3 rings (SSSR count). The van der Waals surface area contributed by atoms with Crippen LogP contribution in [0.25, 0.3) is 15.9 Å². The molecular weight excluding hydrogens is 238 g/mol. The Bertz CT molecular complexity index is 757. The summed E-state index contributed by atoms with van der Waals surface area (Å²) in [7, 11) is 0. The highest BCUT2D eigenvalue weighted by Crippen LogP contribution is 2.36. The minimum Gasteiger partial charge on any atom is -0.477 e. The van der Waals surface area contributed by atoms with Crippen molar-refractivity contribution in [2.24, 2.45) is 0 Å². The summed E-state index contributed by atoms with van der Waals surface area (Å²) < 4.78 is 1.86. The number of carbonyl (C=O) groups is 1. The Labute approximate surface area is 100 Å². The third-order valence-corrected chi connectivity index (χ3v) is 3.94. The van der Waals surface area contributed by atoms with E-state index in [1.807, 2.05) is 17.4 Å². The van der Waals surface area contributed by atoms with Crippen molar-refractivity contribution in [2.75, 3.05) is 5.73 Å². The quantitative estimate of drug-likeness (QED) is 0.690. The van der Waals surface area contributed by atoms with Gasteiger partial charge in [0.2, 0.25) is 0 Å². The summed E-state index contributed by atoms with van der Waals surface area (Å²) >= 11 is 1.18. The zero-order chi connectivity index (χ0) is 12.2. The van der Waals surface area contributed by atoms with Gasteiger partial charge in [-0.05, 0) is 18.6 Å². The number of hydrogen-bond acceptors (Lipinski definition) is 4. The van der Waals surface area contributed by atoms with E-state index >= 15 is 0 Å². The second-order valence-electron chi connectivity index (χ2n) is 3.81. The number of anilines is 1. The van der Waals surface area contributed by atoms with Gasteiger partial charge in [-0.2, -0.15) is 0 Å². The van der Waals surface area contributed by atoms with E-state index in [1.165, 1.54) is 11.3 Å². The molecule has 0 saturated heterocycles. The molecule has 17 heavy (non-hydrogen) atoms. The number of nitrogen functional groups attached to an aromatic ring is 1. The number of nitrogens with two attached hydrogens (primary N) is 1. The average Bonchev–Trinajstić information content (AvgIpc) is 2.82. The number of hydrogen-bond donors (Lipinski definition) is 2. The summed E-state index contributed by atoms with van der Waals surface area (Å²) in [6, 6.07) is 1.90. The predicted molar refractivity (Wildman–Crippen MR) is 66.7 cm³/mol. The van der Waals surface area contributed by atoms with Crippen molar-refractivity contribution in [3.63, 3.8) is 0 Å². The lowest BCUT2D eigenvalue weighted by atomic mass is 10.1. The lowest BCUT2D eigenvalue weighted by Gasteiger charge is -2.01. The van der Waals surface area contributed by atoms with Gasteiger partial charge in [0.15, 0.2) is 0 Å². The first-order chi connectivity index (χ1) is 8.09. The number of aromatic carboxylic acids is 1. The third-order valence-electron chi connectivity index (χ3n) is 2.75.